The van der Waals surface area contributed by atoms with Crippen LogP contribution in [0, 0.1) is 0 Å². The maximum atomic E-state index is 11.6. The van der Waals surface area contributed by atoms with Gasteiger partial charge in [-0.3, -0.25) is 4.79 Å². The minimum Gasteiger partial charge on any atom is -0.383 e. The van der Waals surface area contributed by atoms with Gasteiger partial charge in [0.05, 0.1) is 16.8 Å². The molecule has 1 aromatic heterocycles. The Morgan fingerprint density at radius 1 is 1.33 bits per heavy atom. The zero-order valence-electron chi connectivity index (χ0n) is 14.9. The number of benzene rings is 1. The van der Waals surface area contributed by atoms with Crippen LogP contribution in [0.1, 0.15) is 12.0 Å². The zero-order chi connectivity index (χ0) is 19.4. The van der Waals surface area contributed by atoms with E-state index in [2.05, 4.69) is 20.6 Å². The lowest BCUT2D eigenvalue weighted by molar-refractivity contribution is -0.104. The molecule has 2 N–H and O–H groups in total. The summed E-state index contributed by atoms with van der Waals surface area (Å²) in [4.78, 5) is 22.3. The average Bonchev–Trinajstić information content (AvgIpc) is 2.89. The molecule has 2 aromatic rings. The van der Waals surface area contributed by atoms with Crippen LogP contribution in [0.15, 0.2) is 29.3 Å². The summed E-state index contributed by atoms with van der Waals surface area (Å²) in [5, 5.41) is 7.06. The van der Waals surface area contributed by atoms with E-state index >= 15 is 0 Å². The highest BCUT2D eigenvalue weighted by Crippen LogP contribution is 2.35. The summed E-state index contributed by atoms with van der Waals surface area (Å²) in [6.45, 7) is 0.817. The highest BCUT2D eigenvalue weighted by Gasteiger charge is 2.18. The van der Waals surface area contributed by atoms with Crippen LogP contribution in [0.5, 0.6) is 0 Å². The Balaban J connectivity index is 2.06. The fraction of sp³-hybridized carbons (Fsp3) is 0.278. The van der Waals surface area contributed by atoms with Gasteiger partial charge in [0.25, 0.3) is 0 Å². The van der Waals surface area contributed by atoms with Crippen molar-refractivity contribution in [2.24, 2.45) is 0 Å². The monoisotopic (exact) mass is 423 g/mol. The van der Waals surface area contributed by atoms with E-state index in [9.17, 15) is 4.79 Å². The van der Waals surface area contributed by atoms with Crippen molar-refractivity contribution in [2.45, 2.75) is 6.42 Å². The third-order valence-corrected chi connectivity index (χ3v) is 5.52. The molecule has 0 atom stereocenters. The molecule has 0 radical (unpaired) electrons. The fourth-order valence-corrected chi connectivity index (χ4v) is 3.90. The Hall–Kier alpha value is -1.96. The summed E-state index contributed by atoms with van der Waals surface area (Å²) in [5.74, 6) is 1.34. The lowest BCUT2D eigenvalue weighted by Gasteiger charge is -2.22. The fourth-order valence-electron chi connectivity index (χ4n) is 2.72. The van der Waals surface area contributed by atoms with Crippen LogP contribution >= 0.6 is 35.0 Å². The predicted octanol–water partition coefficient (Wildman–Crippen LogP) is 4.19. The number of anilines is 3. The second-order valence-electron chi connectivity index (χ2n) is 6.07. The summed E-state index contributed by atoms with van der Waals surface area (Å²) in [6, 6.07) is 5.89. The van der Waals surface area contributed by atoms with Crippen molar-refractivity contribution in [2.75, 3.05) is 36.6 Å². The van der Waals surface area contributed by atoms with Gasteiger partial charge < -0.3 is 15.5 Å². The molecule has 6 nitrogen and oxygen atoms in total. The first-order valence-corrected chi connectivity index (χ1v) is 10.1. The van der Waals surface area contributed by atoms with Crippen molar-refractivity contribution in [3.05, 3.63) is 45.2 Å². The normalized spacial score (nSPS) is 14.4. The third-order valence-electron chi connectivity index (χ3n) is 3.96. The van der Waals surface area contributed by atoms with Gasteiger partial charge in [-0.1, -0.05) is 11.6 Å². The van der Waals surface area contributed by atoms with Gasteiger partial charge in [0, 0.05) is 37.6 Å². The van der Waals surface area contributed by atoms with Crippen LogP contribution in [0.4, 0.5) is 17.2 Å². The predicted molar refractivity (Wildman–Crippen MR) is 114 cm³/mol. The molecule has 1 aromatic carbocycles. The average molecular weight is 424 g/mol. The second kappa shape index (κ2) is 8.82. The first-order valence-electron chi connectivity index (χ1n) is 8.32. The van der Waals surface area contributed by atoms with Gasteiger partial charge in [-0.2, -0.15) is 4.98 Å². The van der Waals surface area contributed by atoms with Crippen molar-refractivity contribution in [1.29, 1.82) is 0 Å². The number of aromatic nitrogens is 2. The van der Waals surface area contributed by atoms with Crippen LogP contribution < -0.4 is 15.5 Å². The highest BCUT2D eigenvalue weighted by atomic mass is 35.5. The molecule has 0 aliphatic carbocycles. The minimum absolute atomic E-state index is 0.111. The number of nitrogens with one attached hydrogen (secondary N) is 2. The lowest BCUT2D eigenvalue weighted by atomic mass is 10.1. The van der Waals surface area contributed by atoms with Gasteiger partial charge in [0.15, 0.2) is 12.1 Å². The number of halogens is 2. The first-order chi connectivity index (χ1) is 13.0. The molecule has 1 aliphatic heterocycles. The smallest absolute Gasteiger partial charge is 0.224 e. The zero-order valence-corrected chi connectivity index (χ0v) is 17.3. The van der Waals surface area contributed by atoms with E-state index in [0.717, 1.165) is 47.6 Å². The maximum Gasteiger partial charge on any atom is 0.224 e. The van der Waals surface area contributed by atoms with Crippen LogP contribution in [0.2, 0.25) is 10.3 Å². The van der Waals surface area contributed by atoms with Gasteiger partial charge in [-0.25, -0.2) is 4.98 Å². The van der Waals surface area contributed by atoms with Crippen molar-refractivity contribution < 1.29 is 4.79 Å². The molecule has 142 valence electrons. The quantitative estimate of drug-likeness (QED) is 0.551. The van der Waals surface area contributed by atoms with E-state index < -0.39 is 0 Å². The molecule has 0 bridgehead atoms. The lowest BCUT2D eigenvalue weighted by Crippen LogP contribution is -2.18. The van der Waals surface area contributed by atoms with Crippen LogP contribution in [-0.2, 0) is 4.79 Å². The minimum atomic E-state index is 0.111. The number of thioether (sulfide) groups is 1. The van der Waals surface area contributed by atoms with Crippen molar-refractivity contribution in [3.63, 3.8) is 0 Å². The van der Waals surface area contributed by atoms with Gasteiger partial charge in [-0.05, 0) is 42.0 Å². The first kappa shape index (κ1) is 19.8. The number of carbonyl (C=O) groups is 1. The molecular formula is C18H19Cl2N5OS. The molecular weight excluding hydrogens is 405 g/mol. The largest absolute Gasteiger partial charge is 0.383 e. The number of carbonyl (C=O) groups excluding carboxylic acids is 1. The number of hydrogen-bond acceptors (Lipinski definition) is 7. The molecule has 0 amide bonds. The van der Waals surface area contributed by atoms with Crippen molar-refractivity contribution >= 4 is 64.1 Å². The SMILES string of the molecule is CN(C)c1ccc(Nc2nc(Cl)ncc2Cl)cc1C1=C(C=O)SCCCN1. The number of allylic oxidation sites excluding steroid dienone is 1. The standard InChI is InChI=1S/C18H19Cl2N5OS/c1-25(2)14-5-4-11(23-17-13(19)9-22-18(20)24-17)8-12(14)16-15(10-26)27-7-3-6-21-16/h4-5,8-10,21H,3,6-7H2,1-2H3,(H,22,23,24). The molecule has 9 heteroatoms. The number of nitrogens with zero attached hydrogens (tertiary/aromatic N) is 3. The molecule has 0 spiro atoms. The Kier molecular flexibility index (Phi) is 6.46. The Labute approximate surface area is 172 Å². The molecule has 1 aliphatic rings. The van der Waals surface area contributed by atoms with Gasteiger partial charge in [-0.15, -0.1) is 11.8 Å². The molecule has 3 rings (SSSR count). The van der Waals surface area contributed by atoms with Crippen molar-refractivity contribution in [1.82, 2.24) is 15.3 Å². The summed E-state index contributed by atoms with van der Waals surface area (Å²) in [7, 11) is 3.94. The Morgan fingerprint density at radius 2 is 2.15 bits per heavy atom. The van der Waals surface area contributed by atoms with E-state index in [0.29, 0.717) is 15.7 Å². The summed E-state index contributed by atoms with van der Waals surface area (Å²) in [6.07, 6.45) is 3.36. The Bertz CT molecular complexity index is 888. The van der Waals surface area contributed by atoms with E-state index in [1.165, 1.54) is 6.20 Å². The maximum absolute atomic E-state index is 11.6. The van der Waals surface area contributed by atoms with Crippen LogP contribution in [0.25, 0.3) is 5.70 Å². The molecule has 27 heavy (non-hydrogen) atoms. The van der Waals surface area contributed by atoms with Gasteiger partial charge >= 0.3 is 0 Å². The number of hydrogen-bond donors (Lipinski definition) is 2. The van der Waals surface area contributed by atoms with E-state index in [1.807, 2.05) is 37.2 Å². The Morgan fingerprint density at radius 3 is 2.89 bits per heavy atom. The molecule has 0 saturated carbocycles. The second-order valence-corrected chi connectivity index (χ2v) is 7.95. The molecule has 0 fully saturated rings. The third kappa shape index (κ3) is 4.66. The molecule has 0 saturated heterocycles. The molecule has 0 unspecified atom stereocenters. The van der Waals surface area contributed by atoms with Crippen LogP contribution in [0.3, 0.4) is 0 Å². The molecule has 2 heterocycles. The van der Waals surface area contributed by atoms with E-state index in [4.69, 9.17) is 23.2 Å². The van der Waals surface area contributed by atoms with Gasteiger partial charge in [0.2, 0.25) is 5.28 Å². The highest BCUT2D eigenvalue weighted by molar-refractivity contribution is 8.04. The summed E-state index contributed by atoms with van der Waals surface area (Å²) in [5.41, 5.74) is 3.54. The van der Waals surface area contributed by atoms with Gasteiger partial charge in [0.1, 0.15) is 5.02 Å². The van der Waals surface area contributed by atoms with Crippen LogP contribution in [-0.4, -0.2) is 42.6 Å². The summed E-state index contributed by atoms with van der Waals surface area (Å²) >= 11 is 13.6. The van der Waals surface area contributed by atoms with E-state index in [-0.39, 0.29) is 5.28 Å². The number of aldehydes is 1. The number of rotatable bonds is 5. The van der Waals surface area contributed by atoms with E-state index in [1.54, 1.807) is 11.8 Å². The van der Waals surface area contributed by atoms with Crippen molar-refractivity contribution in [3.8, 4) is 0 Å². The summed E-state index contributed by atoms with van der Waals surface area (Å²) < 4.78 is 0. The topological polar surface area (TPSA) is 70.1 Å².